The normalized spacial score (nSPS) is 14.1. The number of aryl methyl sites for hydroxylation is 14. The summed E-state index contributed by atoms with van der Waals surface area (Å²) in [5, 5.41) is 30.5. The van der Waals surface area contributed by atoms with Crippen molar-refractivity contribution in [1.82, 2.24) is 9.13 Å². The highest BCUT2D eigenvalue weighted by Gasteiger charge is 2.30. The molecule has 1 aliphatic carbocycles. The molecule has 1 fully saturated rings. The molecule has 0 spiro atoms. The third kappa shape index (κ3) is 11.2. The predicted molar refractivity (Wildman–Crippen MR) is 411 cm³/mol. The molecule has 14 aromatic rings. The molecule has 12 aromatic carbocycles. The zero-order valence-electron chi connectivity index (χ0n) is 59.1. The van der Waals surface area contributed by atoms with Gasteiger partial charge in [0.15, 0.2) is 0 Å². The van der Waals surface area contributed by atoms with E-state index in [2.05, 4.69) is 264 Å². The molecule has 2 unspecified atom stereocenters. The van der Waals surface area contributed by atoms with E-state index in [0.717, 1.165) is 85.1 Å². The van der Waals surface area contributed by atoms with Gasteiger partial charge in [0.05, 0.1) is 33.4 Å². The van der Waals surface area contributed by atoms with Gasteiger partial charge in [0.2, 0.25) is 0 Å². The van der Waals surface area contributed by atoms with E-state index in [4.69, 9.17) is 9.47 Å². The van der Waals surface area contributed by atoms with E-state index in [9.17, 15) is 10.2 Å². The fraction of sp³-hybridized carbons (Fsp3) is 0.217. The Balaban J connectivity index is 0.761. The van der Waals surface area contributed by atoms with Gasteiger partial charge in [-0.3, -0.25) is 0 Å². The van der Waals surface area contributed by atoms with Gasteiger partial charge in [0.1, 0.15) is 35.2 Å². The molecule has 6 heteroatoms. The number of ether oxygens (including phenoxy) is 2. The van der Waals surface area contributed by atoms with Crippen LogP contribution in [0.2, 0.25) is 0 Å². The van der Waals surface area contributed by atoms with Crippen LogP contribution in [0.4, 0.5) is 0 Å². The zero-order valence-corrected chi connectivity index (χ0v) is 59.1. The van der Waals surface area contributed by atoms with Gasteiger partial charge in [-0.15, -0.1) is 0 Å². The van der Waals surface area contributed by atoms with E-state index in [1.807, 2.05) is 36.4 Å². The van der Waals surface area contributed by atoms with Crippen LogP contribution in [0.5, 0.6) is 23.0 Å². The lowest BCUT2D eigenvalue weighted by atomic mass is 9.91. The van der Waals surface area contributed by atoms with Crippen molar-refractivity contribution in [2.24, 2.45) is 0 Å². The molecule has 2 atom stereocenters. The first-order valence-corrected chi connectivity index (χ1v) is 34.8. The van der Waals surface area contributed by atoms with E-state index >= 15 is 0 Å². The van der Waals surface area contributed by atoms with E-state index in [0.29, 0.717) is 40.4 Å². The van der Waals surface area contributed by atoms with Gasteiger partial charge in [0.25, 0.3) is 0 Å². The van der Waals surface area contributed by atoms with Crippen LogP contribution in [0.3, 0.4) is 0 Å². The monoisotopic (exact) mass is 1280 g/mol. The summed E-state index contributed by atoms with van der Waals surface area (Å²) in [4.78, 5) is 0. The summed E-state index contributed by atoms with van der Waals surface area (Å²) in [6.07, 6.45) is 2.95. The third-order valence-corrected chi connectivity index (χ3v) is 20.9. The lowest BCUT2D eigenvalue weighted by Gasteiger charge is -2.31. The molecule has 2 heterocycles. The van der Waals surface area contributed by atoms with E-state index < -0.39 is 0 Å². The second kappa shape index (κ2) is 24.8. The van der Waals surface area contributed by atoms with Crippen molar-refractivity contribution in [3.05, 3.63) is 272 Å². The molecule has 2 N–H and O–H groups in total. The molecule has 0 aliphatic heterocycles. The van der Waals surface area contributed by atoms with Crippen molar-refractivity contribution >= 4 is 43.6 Å². The van der Waals surface area contributed by atoms with E-state index in [1.165, 1.54) is 111 Å². The van der Waals surface area contributed by atoms with Crippen LogP contribution in [0.1, 0.15) is 104 Å². The minimum Gasteiger partial charge on any atom is -0.505 e. The molecule has 98 heavy (non-hydrogen) atoms. The van der Waals surface area contributed by atoms with Gasteiger partial charge in [0, 0.05) is 50.2 Å². The smallest absolute Gasteiger partial charge is 0.147 e. The molecular formula is C92H86N2O4. The average molecular weight is 1280 g/mol. The number of hydrogen-bond acceptors (Lipinski definition) is 4. The fourth-order valence-electron chi connectivity index (χ4n) is 17.3. The summed E-state index contributed by atoms with van der Waals surface area (Å²) in [6.45, 7) is 30.6. The van der Waals surface area contributed by atoms with Crippen LogP contribution in [0.25, 0.3) is 122 Å². The van der Waals surface area contributed by atoms with Gasteiger partial charge in [-0.05, 0) is 301 Å². The van der Waals surface area contributed by atoms with Crippen molar-refractivity contribution in [3.8, 4) is 101 Å². The van der Waals surface area contributed by atoms with Crippen LogP contribution in [-0.2, 0) is 0 Å². The largest absolute Gasteiger partial charge is 0.505 e. The summed E-state index contributed by atoms with van der Waals surface area (Å²) in [6, 6.07) is 70.3. The summed E-state index contributed by atoms with van der Waals surface area (Å²) < 4.78 is 18.9. The SMILES string of the molecule is Cc1cc(C)c(-c2ccc3c(c2)c2cc(-c4c(C)cc(C)cc4C)ccc2n3-c2cc(C)cc(-c3ccccc3OC3CCCC(Oc4ccccc4-c4cc(C)cc(-n5c6ccc(-c7c(C)cc(C)cc7C)cc6c6cc(-c7c(C)cc(C)cc7C)ccc65)c4O)C3)c2O)c(C)c1. The molecule has 0 amide bonds. The summed E-state index contributed by atoms with van der Waals surface area (Å²) >= 11 is 0. The number of rotatable bonds is 12. The number of fused-ring (bicyclic) bond motifs is 6. The van der Waals surface area contributed by atoms with Crippen LogP contribution >= 0.6 is 0 Å². The highest BCUT2D eigenvalue weighted by Crippen LogP contribution is 2.49. The van der Waals surface area contributed by atoms with Gasteiger partial charge in [-0.25, -0.2) is 0 Å². The molecule has 0 bridgehead atoms. The Bertz CT molecular complexity index is 4950. The highest BCUT2D eigenvalue weighted by molar-refractivity contribution is 6.14. The first-order valence-electron chi connectivity index (χ1n) is 34.8. The maximum absolute atomic E-state index is 13.0. The summed E-state index contributed by atoms with van der Waals surface area (Å²) in [5.74, 6) is 1.80. The maximum Gasteiger partial charge on any atom is 0.147 e. The molecule has 15 rings (SSSR count). The lowest BCUT2D eigenvalue weighted by Crippen LogP contribution is -2.32. The Morgan fingerprint density at radius 1 is 0.296 bits per heavy atom. The van der Waals surface area contributed by atoms with Crippen molar-refractivity contribution in [3.63, 3.8) is 0 Å². The fourth-order valence-corrected chi connectivity index (χ4v) is 17.3. The molecule has 6 nitrogen and oxygen atoms in total. The Morgan fingerprint density at radius 2 is 0.561 bits per heavy atom. The Hall–Kier alpha value is -10.6. The third-order valence-electron chi connectivity index (χ3n) is 20.9. The molecule has 0 radical (unpaired) electrons. The second-order valence-electron chi connectivity index (χ2n) is 28.7. The van der Waals surface area contributed by atoms with Crippen molar-refractivity contribution in [2.45, 2.75) is 135 Å². The maximum atomic E-state index is 13.0. The number of para-hydroxylation sites is 2. The van der Waals surface area contributed by atoms with Crippen LogP contribution in [0.15, 0.2) is 194 Å². The lowest BCUT2D eigenvalue weighted by molar-refractivity contribution is 0.0686. The number of phenols is 2. The number of benzene rings is 12. The highest BCUT2D eigenvalue weighted by atomic mass is 16.5. The van der Waals surface area contributed by atoms with Crippen molar-refractivity contribution in [1.29, 1.82) is 0 Å². The summed E-state index contributed by atoms with van der Waals surface area (Å²) in [5.41, 5.74) is 35.3. The number of hydrogen-bond donors (Lipinski definition) is 2. The van der Waals surface area contributed by atoms with Crippen LogP contribution in [-0.4, -0.2) is 31.6 Å². The van der Waals surface area contributed by atoms with Gasteiger partial charge in [-0.2, -0.15) is 0 Å². The van der Waals surface area contributed by atoms with Crippen molar-refractivity contribution < 1.29 is 19.7 Å². The Labute approximate surface area is 577 Å². The summed E-state index contributed by atoms with van der Waals surface area (Å²) in [7, 11) is 0. The van der Waals surface area contributed by atoms with Gasteiger partial charge >= 0.3 is 0 Å². The molecule has 1 saturated carbocycles. The van der Waals surface area contributed by atoms with Crippen LogP contribution < -0.4 is 9.47 Å². The Kier molecular flexibility index (Phi) is 16.1. The molecule has 1 aliphatic rings. The quantitative estimate of drug-likeness (QED) is 0.128. The van der Waals surface area contributed by atoms with Crippen LogP contribution in [0, 0.1) is 96.9 Å². The minimum atomic E-state index is -0.163. The first kappa shape index (κ1) is 63.5. The standard InChI is InChI=1S/C92H86N2O4/c1-51-34-57(7)87(58(8)35-51)65-26-30-79-73(46-65)74-47-66(88-59(9)36-52(2)37-60(88)10)27-31-80(74)93(79)83-44-55(5)42-77(91(83)95)71-22-15-17-24-85(71)97-69-20-19-21-70(50-69)98-86-25-18-16-23-72(86)78-43-56(6)45-84(92(78)96)94-81-32-28-67(89-61(11)38-53(3)39-62(89)12)48-75(81)76-49-68(29-33-82(76)94)90-63(13)40-54(4)41-64(90)14/h15-18,22-49,69-70,95-96H,19-21,50H2,1-14H3. The zero-order chi connectivity index (χ0) is 68.3. The Morgan fingerprint density at radius 3 is 0.847 bits per heavy atom. The number of phenolic OH excluding ortho intramolecular Hbond substituents is 2. The predicted octanol–water partition coefficient (Wildman–Crippen LogP) is 24.4. The minimum absolute atomic E-state index is 0.163. The van der Waals surface area contributed by atoms with E-state index in [-0.39, 0.29) is 23.7 Å². The van der Waals surface area contributed by atoms with Gasteiger partial charge < -0.3 is 28.8 Å². The molecule has 2 aromatic heterocycles. The average Bonchev–Trinajstić information content (AvgIpc) is 1.62. The van der Waals surface area contributed by atoms with Gasteiger partial charge in [-0.1, -0.05) is 131 Å². The first-order chi connectivity index (χ1) is 47.1. The second-order valence-corrected chi connectivity index (χ2v) is 28.7. The molecular weight excluding hydrogens is 1200 g/mol. The molecule has 488 valence electrons. The van der Waals surface area contributed by atoms with Crippen molar-refractivity contribution in [2.75, 3.05) is 0 Å². The van der Waals surface area contributed by atoms with E-state index in [1.54, 1.807) is 0 Å². The number of aromatic hydroxyl groups is 2. The molecule has 0 saturated heterocycles. The number of nitrogens with zero attached hydrogens (tertiary/aromatic N) is 2. The number of aromatic nitrogens is 2. The topological polar surface area (TPSA) is 68.8 Å².